The Bertz CT molecular complexity index is 1040. The first kappa shape index (κ1) is 16.8. The summed E-state index contributed by atoms with van der Waals surface area (Å²) in [6.07, 6.45) is 3.47. The topological polar surface area (TPSA) is 72.0 Å². The van der Waals surface area contributed by atoms with Crippen LogP contribution in [0, 0.1) is 0 Å². The number of hydrogen-bond donors (Lipinski definition) is 2. The first-order valence-corrected chi connectivity index (χ1v) is 8.62. The molecular formula is C21H19N5O. The Balaban J connectivity index is 1.61. The van der Waals surface area contributed by atoms with Gasteiger partial charge >= 0.3 is 0 Å². The molecule has 0 spiro atoms. The Morgan fingerprint density at radius 2 is 1.78 bits per heavy atom. The highest BCUT2D eigenvalue weighted by molar-refractivity contribution is 5.90. The largest absolute Gasteiger partial charge is 0.497 e. The van der Waals surface area contributed by atoms with Gasteiger partial charge in [-0.15, -0.1) is 0 Å². The first-order valence-electron chi connectivity index (χ1n) is 8.62. The zero-order valence-corrected chi connectivity index (χ0v) is 14.9. The number of aromatic nitrogens is 3. The summed E-state index contributed by atoms with van der Waals surface area (Å²) in [4.78, 5) is 13.4. The molecule has 0 radical (unpaired) electrons. The predicted molar refractivity (Wildman–Crippen MR) is 107 cm³/mol. The number of pyridine rings is 1. The fourth-order valence-corrected chi connectivity index (χ4v) is 2.76. The number of ether oxygens (including phenoxy) is 1. The Labute approximate surface area is 157 Å². The van der Waals surface area contributed by atoms with E-state index in [1.807, 2.05) is 60.7 Å². The van der Waals surface area contributed by atoms with E-state index in [1.54, 1.807) is 19.5 Å². The third-order valence-electron chi connectivity index (χ3n) is 4.14. The van der Waals surface area contributed by atoms with Crippen LogP contribution in [0.2, 0.25) is 0 Å². The van der Waals surface area contributed by atoms with Gasteiger partial charge in [0.05, 0.1) is 24.5 Å². The normalized spacial score (nSPS) is 10.6. The van der Waals surface area contributed by atoms with Gasteiger partial charge in [-0.25, -0.2) is 4.98 Å². The van der Waals surface area contributed by atoms with Gasteiger partial charge in [0.1, 0.15) is 11.6 Å². The number of hydrogen-bond acceptors (Lipinski definition) is 6. The number of rotatable bonds is 6. The van der Waals surface area contributed by atoms with Crippen molar-refractivity contribution in [2.75, 3.05) is 17.7 Å². The summed E-state index contributed by atoms with van der Waals surface area (Å²) in [6.45, 7) is 0.650. The maximum atomic E-state index is 5.21. The highest BCUT2D eigenvalue weighted by atomic mass is 16.5. The van der Waals surface area contributed by atoms with E-state index >= 15 is 0 Å². The van der Waals surface area contributed by atoms with Crippen LogP contribution in [-0.2, 0) is 6.54 Å². The summed E-state index contributed by atoms with van der Waals surface area (Å²) >= 11 is 0. The van der Waals surface area contributed by atoms with E-state index in [1.165, 1.54) is 0 Å². The zero-order valence-electron chi connectivity index (χ0n) is 14.9. The third-order valence-corrected chi connectivity index (χ3v) is 4.14. The molecular weight excluding hydrogens is 338 g/mol. The van der Waals surface area contributed by atoms with E-state index < -0.39 is 0 Å². The molecule has 0 amide bonds. The smallest absolute Gasteiger partial charge is 0.229 e. The predicted octanol–water partition coefficient (Wildman–Crippen LogP) is 4.39. The van der Waals surface area contributed by atoms with E-state index in [0.29, 0.717) is 12.5 Å². The molecule has 2 heterocycles. The molecule has 2 N–H and O–H groups in total. The Morgan fingerprint density at radius 3 is 2.56 bits per heavy atom. The molecule has 0 aliphatic carbocycles. The molecule has 134 valence electrons. The number of methoxy groups -OCH3 is 1. The van der Waals surface area contributed by atoms with E-state index in [-0.39, 0.29) is 0 Å². The monoisotopic (exact) mass is 357 g/mol. The van der Waals surface area contributed by atoms with Gasteiger partial charge in [-0.1, -0.05) is 24.3 Å². The van der Waals surface area contributed by atoms with Gasteiger partial charge in [0.2, 0.25) is 5.95 Å². The number of nitrogens with zero attached hydrogens (tertiary/aromatic N) is 3. The van der Waals surface area contributed by atoms with Gasteiger partial charge in [0, 0.05) is 18.1 Å². The molecule has 6 heteroatoms. The van der Waals surface area contributed by atoms with Crippen molar-refractivity contribution in [3.8, 4) is 5.75 Å². The minimum absolute atomic E-state index is 0.527. The van der Waals surface area contributed by atoms with Crippen molar-refractivity contribution in [3.05, 3.63) is 78.6 Å². The van der Waals surface area contributed by atoms with Gasteiger partial charge in [-0.3, -0.25) is 4.98 Å². The second-order valence-electron chi connectivity index (χ2n) is 5.98. The first-order chi connectivity index (χ1) is 13.3. The van der Waals surface area contributed by atoms with Gasteiger partial charge in [0.15, 0.2) is 0 Å². The molecule has 0 aliphatic heterocycles. The number of anilines is 3. The van der Waals surface area contributed by atoms with Crippen LogP contribution in [0.5, 0.6) is 5.75 Å². The number of benzene rings is 2. The fourth-order valence-electron chi connectivity index (χ4n) is 2.76. The van der Waals surface area contributed by atoms with Gasteiger partial charge < -0.3 is 15.4 Å². The van der Waals surface area contributed by atoms with Gasteiger partial charge in [0.25, 0.3) is 0 Å². The maximum Gasteiger partial charge on any atom is 0.229 e. The Morgan fingerprint density at radius 1 is 0.926 bits per heavy atom. The second-order valence-corrected chi connectivity index (χ2v) is 5.98. The molecule has 6 nitrogen and oxygen atoms in total. The fraction of sp³-hybridized carbons (Fsp3) is 0.0952. The van der Waals surface area contributed by atoms with Crippen LogP contribution in [0.15, 0.2) is 73.1 Å². The highest BCUT2D eigenvalue weighted by Crippen LogP contribution is 2.24. The van der Waals surface area contributed by atoms with Crippen molar-refractivity contribution in [2.24, 2.45) is 0 Å². The molecule has 2 aromatic carbocycles. The highest BCUT2D eigenvalue weighted by Gasteiger charge is 2.08. The van der Waals surface area contributed by atoms with Crippen molar-refractivity contribution in [2.45, 2.75) is 6.54 Å². The quantitative estimate of drug-likeness (QED) is 0.533. The van der Waals surface area contributed by atoms with Crippen LogP contribution in [0.3, 0.4) is 0 Å². The molecule has 0 bridgehead atoms. The SMILES string of the molecule is COc1ccc(CNc2nc(Nc3cccnc3)nc3ccccc23)cc1. The lowest BCUT2D eigenvalue weighted by atomic mass is 10.2. The summed E-state index contributed by atoms with van der Waals surface area (Å²) in [5.41, 5.74) is 2.85. The summed E-state index contributed by atoms with van der Waals surface area (Å²) in [6, 6.07) is 19.7. The average molecular weight is 357 g/mol. The van der Waals surface area contributed by atoms with E-state index in [2.05, 4.69) is 25.6 Å². The van der Waals surface area contributed by atoms with Crippen molar-refractivity contribution in [3.63, 3.8) is 0 Å². The summed E-state index contributed by atoms with van der Waals surface area (Å²) in [5, 5.41) is 7.60. The number of nitrogens with one attached hydrogen (secondary N) is 2. The van der Waals surface area contributed by atoms with Crippen LogP contribution >= 0.6 is 0 Å². The summed E-state index contributed by atoms with van der Waals surface area (Å²) in [7, 11) is 1.66. The molecule has 4 rings (SSSR count). The molecule has 2 aromatic heterocycles. The molecule has 0 unspecified atom stereocenters. The lowest BCUT2D eigenvalue weighted by molar-refractivity contribution is 0.414. The maximum absolute atomic E-state index is 5.21. The lowest BCUT2D eigenvalue weighted by Crippen LogP contribution is -2.05. The van der Waals surface area contributed by atoms with Crippen LogP contribution in [0.25, 0.3) is 10.9 Å². The van der Waals surface area contributed by atoms with Crippen molar-refractivity contribution >= 4 is 28.4 Å². The molecule has 4 aromatic rings. The molecule has 0 saturated carbocycles. The second kappa shape index (κ2) is 7.70. The van der Waals surface area contributed by atoms with Crippen LogP contribution in [0.1, 0.15) is 5.56 Å². The van der Waals surface area contributed by atoms with Gasteiger partial charge in [-0.05, 0) is 42.0 Å². The number of para-hydroxylation sites is 1. The average Bonchev–Trinajstić information content (AvgIpc) is 2.73. The van der Waals surface area contributed by atoms with Crippen LogP contribution in [0.4, 0.5) is 17.5 Å². The molecule has 0 aliphatic rings. The van der Waals surface area contributed by atoms with Crippen LogP contribution in [-0.4, -0.2) is 22.1 Å². The standard InChI is InChI=1S/C21H19N5O/c1-27-17-10-8-15(9-11-17)13-23-20-18-6-2-3-7-19(18)25-21(26-20)24-16-5-4-12-22-14-16/h2-12,14H,13H2,1H3,(H2,23,24,25,26). The molecule has 27 heavy (non-hydrogen) atoms. The summed E-state index contributed by atoms with van der Waals surface area (Å²) in [5.74, 6) is 2.15. The van der Waals surface area contributed by atoms with E-state index in [9.17, 15) is 0 Å². The third kappa shape index (κ3) is 3.95. The summed E-state index contributed by atoms with van der Waals surface area (Å²) < 4.78 is 5.21. The zero-order chi connectivity index (χ0) is 18.5. The van der Waals surface area contributed by atoms with Crippen molar-refractivity contribution < 1.29 is 4.74 Å². The molecule has 0 saturated heterocycles. The minimum Gasteiger partial charge on any atom is -0.497 e. The molecule has 0 atom stereocenters. The van der Waals surface area contributed by atoms with E-state index in [0.717, 1.165) is 33.7 Å². The van der Waals surface area contributed by atoms with Crippen LogP contribution < -0.4 is 15.4 Å². The Hall–Kier alpha value is -3.67. The van der Waals surface area contributed by atoms with E-state index in [4.69, 9.17) is 4.74 Å². The minimum atomic E-state index is 0.527. The Kier molecular flexibility index (Phi) is 4.78. The molecule has 0 fully saturated rings. The van der Waals surface area contributed by atoms with Gasteiger partial charge in [-0.2, -0.15) is 4.98 Å². The lowest BCUT2D eigenvalue weighted by Gasteiger charge is -2.12. The number of fused-ring (bicyclic) bond motifs is 1. The van der Waals surface area contributed by atoms with Crippen molar-refractivity contribution in [1.29, 1.82) is 0 Å². The van der Waals surface area contributed by atoms with Crippen molar-refractivity contribution in [1.82, 2.24) is 15.0 Å².